The summed E-state index contributed by atoms with van der Waals surface area (Å²) in [4.78, 5) is 0. The lowest BCUT2D eigenvalue weighted by molar-refractivity contribution is 0.303. The summed E-state index contributed by atoms with van der Waals surface area (Å²) in [6.07, 6.45) is 2.73. The third kappa shape index (κ3) is 2.66. The number of hydrogen-bond donors (Lipinski definition) is 1. The van der Waals surface area contributed by atoms with Crippen molar-refractivity contribution < 1.29 is 9.15 Å². The van der Waals surface area contributed by atoms with E-state index in [9.17, 15) is 0 Å². The van der Waals surface area contributed by atoms with Gasteiger partial charge in [-0.3, -0.25) is 0 Å². The molecule has 0 saturated heterocycles. The number of furan rings is 1. The van der Waals surface area contributed by atoms with Crippen LogP contribution in [-0.4, -0.2) is 6.10 Å². The fourth-order valence-electron chi connectivity index (χ4n) is 2.30. The maximum atomic E-state index is 6.33. The molecule has 2 aromatic rings. The SMILES string of the molecule is Cc1cc(C(N)c2cccc(OC3CC3)c2)c(C)o1. The zero-order valence-corrected chi connectivity index (χ0v) is 11.3. The van der Waals surface area contributed by atoms with E-state index >= 15 is 0 Å². The van der Waals surface area contributed by atoms with Crippen molar-refractivity contribution in [2.45, 2.75) is 38.8 Å². The van der Waals surface area contributed by atoms with Crippen molar-refractivity contribution >= 4 is 0 Å². The molecule has 19 heavy (non-hydrogen) atoms. The molecule has 0 radical (unpaired) electrons. The zero-order valence-electron chi connectivity index (χ0n) is 11.3. The maximum absolute atomic E-state index is 6.33. The number of ether oxygens (including phenoxy) is 1. The van der Waals surface area contributed by atoms with Crippen molar-refractivity contribution in [3.8, 4) is 5.75 Å². The van der Waals surface area contributed by atoms with Crippen molar-refractivity contribution in [1.29, 1.82) is 0 Å². The van der Waals surface area contributed by atoms with E-state index in [1.165, 1.54) is 0 Å². The van der Waals surface area contributed by atoms with E-state index in [0.717, 1.165) is 41.2 Å². The highest BCUT2D eigenvalue weighted by molar-refractivity contribution is 5.38. The van der Waals surface area contributed by atoms with E-state index in [0.29, 0.717) is 6.10 Å². The Kier molecular flexibility index (Phi) is 3.07. The Bertz CT molecular complexity index is 584. The van der Waals surface area contributed by atoms with E-state index < -0.39 is 0 Å². The lowest BCUT2D eigenvalue weighted by Gasteiger charge is -2.13. The molecule has 100 valence electrons. The van der Waals surface area contributed by atoms with E-state index in [1.54, 1.807) is 0 Å². The van der Waals surface area contributed by atoms with Crippen LogP contribution in [0.5, 0.6) is 5.75 Å². The first-order chi connectivity index (χ1) is 9.13. The van der Waals surface area contributed by atoms with Gasteiger partial charge in [0.05, 0.1) is 12.1 Å². The van der Waals surface area contributed by atoms with Crippen molar-refractivity contribution in [1.82, 2.24) is 0 Å². The van der Waals surface area contributed by atoms with Gasteiger partial charge in [0.25, 0.3) is 0 Å². The molecule has 3 heteroatoms. The highest BCUT2D eigenvalue weighted by Crippen LogP contribution is 2.30. The lowest BCUT2D eigenvalue weighted by atomic mass is 10.00. The van der Waals surface area contributed by atoms with E-state index in [1.807, 2.05) is 44.2 Å². The molecule has 3 nitrogen and oxygen atoms in total. The second kappa shape index (κ2) is 4.74. The van der Waals surface area contributed by atoms with Crippen LogP contribution < -0.4 is 10.5 Å². The molecular formula is C16H19NO2. The smallest absolute Gasteiger partial charge is 0.120 e. The molecule has 0 bridgehead atoms. The Morgan fingerprint density at radius 1 is 1.26 bits per heavy atom. The van der Waals surface area contributed by atoms with Gasteiger partial charge in [0.15, 0.2) is 0 Å². The average Bonchev–Trinajstić information content (AvgIpc) is 3.13. The number of hydrogen-bond acceptors (Lipinski definition) is 3. The summed E-state index contributed by atoms with van der Waals surface area (Å²) in [5.74, 6) is 2.69. The largest absolute Gasteiger partial charge is 0.490 e. The first-order valence-corrected chi connectivity index (χ1v) is 6.72. The molecule has 1 unspecified atom stereocenters. The van der Waals surface area contributed by atoms with E-state index in [4.69, 9.17) is 14.9 Å². The van der Waals surface area contributed by atoms with Crippen molar-refractivity contribution in [2.75, 3.05) is 0 Å². The number of nitrogens with two attached hydrogens (primary N) is 1. The van der Waals surface area contributed by atoms with Gasteiger partial charge in [-0.1, -0.05) is 12.1 Å². The predicted molar refractivity (Wildman–Crippen MR) is 74.3 cm³/mol. The molecule has 2 N–H and O–H groups in total. The minimum atomic E-state index is -0.166. The molecular weight excluding hydrogens is 238 g/mol. The van der Waals surface area contributed by atoms with Crippen LogP contribution in [-0.2, 0) is 0 Å². The van der Waals surface area contributed by atoms with Crippen LogP contribution in [0.1, 0.15) is 41.5 Å². The molecule has 0 aliphatic heterocycles. The molecule has 3 rings (SSSR count). The third-order valence-electron chi connectivity index (χ3n) is 3.46. The summed E-state index contributed by atoms with van der Waals surface area (Å²) < 4.78 is 11.4. The summed E-state index contributed by atoms with van der Waals surface area (Å²) in [6.45, 7) is 3.89. The number of aryl methyl sites for hydroxylation is 2. The molecule has 1 aliphatic rings. The van der Waals surface area contributed by atoms with Gasteiger partial charge < -0.3 is 14.9 Å². The fourth-order valence-corrected chi connectivity index (χ4v) is 2.30. The Morgan fingerprint density at radius 3 is 2.68 bits per heavy atom. The summed E-state index contributed by atoms with van der Waals surface area (Å²) in [5, 5.41) is 0. The zero-order chi connectivity index (χ0) is 13.4. The van der Waals surface area contributed by atoms with Gasteiger partial charge in [-0.25, -0.2) is 0 Å². The van der Waals surface area contributed by atoms with E-state index in [-0.39, 0.29) is 6.04 Å². The molecule has 1 saturated carbocycles. The number of benzene rings is 1. The van der Waals surface area contributed by atoms with E-state index in [2.05, 4.69) is 0 Å². The van der Waals surface area contributed by atoms with Crippen molar-refractivity contribution in [3.63, 3.8) is 0 Å². The minimum Gasteiger partial charge on any atom is -0.490 e. The first kappa shape index (κ1) is 12.3. The second-order valence-electron chi connectivity index (χ2n) is 5.24. The average molecular weight is 257 g/mol. The Morgan fingerprint density at radius 2 is 2.05 bits per heavy atom. The molecule has 0 amide bonds. The highest BCUT2D eigenvalue weighted by Gasteiger charge is 2.24. The molecule has 1 fully saturated rings. The first-order valence-electron chi connectivity index (χ1n) is 6.72. The van der Waals surface area contributed by atoms with Crippen LogP contribution in [0.15, 0.2) is 34.7 Å². The molecule has 0 spiro atoms. The molecule has 1 aromatic heterocycles. The van der Waals surface area contributed by atoms with Gasteiger partial charge in [0.1, 0.15) is 17.3 Å². The Balaban J connectivity index is 1.85. The lowest BCUT2D eigenvalue weighted by Crippen LogP contribution is -2.12. The highest BCUT2D eigenvalue weighted by atomic mass is 16.5. The summed E-state index contributed by atoms with van der Waals surface area (Å²) in [7, 11) is 0. The summed E-state index contributed by atoms with van der Waals surface area (Å²) in [6, 6.07) is 9.89. The molecule has 1 aliphatic carbocycles. The third-order valence-corrected chi connectivity index (χ3v) is 3.46. The van der Waals surface area contributed by atoms with Crippen molar-refractivity contribution in [2.24, 2.45) is 5.73 Å². The quantitative estimate of drug-likeness (QED) is 0.912. The Labute approximate surface area is 113 Å². The van der Waals surface area contributed by atoms with Gasteiger partial charge in [-0.15, -0.1) is 0 Å². The van der Waals surface area contributed by atoms with Crippen LogP contribution in [0.4, 0.5) is 0 Å². The monoisotopic (exact) mass is 257 g/mol. The van der Waals surface area contributed by atoms with Crippen LogP contribution >= 0.6 is 0 Å². The normalized spacial score (nSPS) is 16.4. The Hall–Kier alpha value is -1.74. The van der Waals surface area contributed by atoms with Crippen LogP contribution in [0.2, 0.25) is 0 Å². The fraction of sp³-hybridized carbons (Fsp3) is 0.375. The molecule has 1 aromatic carbocycles. The van der Waals surface area contributed by atoms with Gasteiger partial charge in [-0.05, 0) is 50.5 Å². The molecule has 1 heterocycles. The van der Waals surface area contributed by atoms with Crippen LogP contribution in [0, 0.1) is 13.8 Å². The minimum absolute atomic E-state index is 0.166. The second-order valence-corrected chi connectivity index (χ2v) is 5.24. The van der Waals surface area contributed by atoms with Crippen LogP contribution in [0.25, 0.3) is 0 Å². The maximum Gasteiger partial charge on any atom is 0.120 e. The number of rotatable bonds is 4. The topological polar surface area (TPSA) is 48.4 Å². The van der Waals surface area contributed by atoms with Gasteiger partial charge in [0, 0.05) is 5.56 Å². The van der Waals surface area contributed by atoms with Gasteiger partial charge >= 0.3 is 0 Å². The standard InChI is InChI=1S/C16H19NO2/c1-10-8-15(11(2)18-10)16(17)12-4-3-5-14(9-12)19-13-6-7-13/h3-5,8-9,13,16H,6-7,17H2,1-2H3. The summed E-state index contributed by atoms with van der Waals surface area (Å²) in [5.41, 5.74) is 8.43. The summed E-state index contributed by atoms with van der Waals surface area (Å²) >= 11 is 0. The van der Waals surface area contributed by atoms with Gasteiger partial charge in [-0.2, -0.15) is 0 Å². The van der Waals surface area contributed by atoms with Crippen molar-refractivity contribution in [3.05, 3.63) is 53.0 Å². The predicted octanol–water partition coefficient (Wildman–Crippen LogP) is 3.49. The van der Waals surface area contributed by atoms with Crippen LogP contribution in [0.3, 0.4) is 0 Å². The van der Waals surface area contributed by atoms with Gasteiger partial charge in [0.2, 0.25) is 0 Å². The molecule has 1 atom stereocenters.